The monoisotopic (exact) mass is 268 g/mol. The fraction of sp³-hybridized carbons (Fsp3) is 0.643. The van der Waals surface area contributed by atoms with Crippen molar-refractivity contribution in [1.82, 2.24) is 4.98 Å². The normalized spacial score (nSPS) is 19.0. The predicted octanol–water partition coefficient (Wildman–Crippen LogP) is 3.24. The molecule has 2 heterocycles. The number of rotatable bonds is 3. The zero-order valence-electron chi connectivity index (χ0n) is 11.1. The van der Waals surface area contributed by atoms with Crippen molar-refractivity contribution >= 4 is 17.4 Å². The molecule has 1 aromatic rings. The summed E-state index contributed by atoms with van der Waals surface area (Å²) in [6, 6.07) is 3.76. The molecular weight excluding hydrogens is 248 g/mol. The summed E-state index contributed by atoms with van der Waals surface area (Å²) in [5, 5.41) is 9.74. The molecule has 1 saturated heterocycles. The summed E-state index contributed by atoms with van der Waals surface area (Å²) in [7, 11) is 0. The number of aromatic nitrogens is 1. The molecule has 4 heteroatoms. The number of hydrogen-bond donors (Lipinski definition) is 1. The third kappa shape index (κ3) is 2.78. The molecule has 1 aliphatic heterocycles. The fourth-order valence-electron chi connectivity index (χ4n) is 2.39. The molecule has 1 N–H and O–H groups in total. The maximum Gasteiger partial charge on any atom is 0.129 e. The molecule has 0 amide bonds. The largest absolute Gasteiger partial charge is 0.390 e. The average Bonchev–Trinajstić information content (AvgIpc) is 2.40. The van der Waals surface area contributed by atoms with Crippen LogP contribution in [0.5, 0.6) is 0 Å². The van der Waals surface area contributed by atoms with Crippen LogP contribution in [-0.2, 0) is 6.61 Å². The highest BCUT2D eigenvalue weighted by Crippen LogP contribution is 2.35. The van der Waals surface area contributed by atoms with E-state index in [1.54, 1.807) is 0 Å². The van der Waals surface area contributed by atoms with E-state index in [1.807, 2.05) is 12.1 Å². The number of piperidine rings is 1. The van der Waals surface area contributed by atoms with Crippen LogP contribution in [0.25, 0.3) is 0 Å². The molecule has 3 nitrogen and oxygen atoms in total. The van der Waals surface area contributed by atoms with Crippen LogP contribution in [0, 0.1) is 5.41 Å². The van der Waals surface area contributed by atoms with Gasteiger partial charge >= 0.3 is 0 Å². The summed E-state index contributed by atoms with van der Waals surface area (Å²) in [6.45, 7) is 6.58. The summed E-state index contributed by atoms with van der Waals surface area (Å²) in [6.07, 6.45) is 3.63. The van der Waals surface area contributed by atoms with Crippen LogP contribution in [0.15, 0.2) is 12.1 Å². The topological polar surface area (TPSA) is 36.4 Å². The van der Waals surface area contributed by atoms with Crippen molar-refractivity contribution in [1.29, 1.82) is 0 Å². The quantitative estimate of drug-likeness (QED) is 0.914. The molecule has 0 aromatic carbocycles. The molecule has 0 atom stereocenters. The van der Waals surface area contributed by atoms with Crippen LogP contribution in [0.2, 0.25) is 5.02 Å². The minimum Gasteiger partial charge on any atom is -0.390 e. The third-order valence-corrected chi connectivity index (χ3v) is 4.55. The Morgan fingerprint density at radius 1 is 1.39 bits per heavy atom. The molecule has 0 unspecified atom stereocenters. The van der Waals surface area contributed by atoms with Crippen LogP contribution in [-0.4, -0.2) is 23.2 Å². The summed E-state index contributed by atoms with van der Waals surface area (Å²) >= 11 is 5.96. The average molecular weight is 269 g/mol. The van der Waals surface area contributed by atoms with Gasteiger partial charge in [0.2, 0.25) is 0 Å². The summed E-state index contributed by atoms with van der Waals surface area (Å²) in [5.41, 5.74) is 1.04. The minimum atomic E-state index is -0.104. The van der Waals surface area contributed by atoms with Crippen molar-refractivity contribution in [3.05, 3.63) is 22.8 Å². The minimum absolute atomic E-state index is 0.104. The summed E-state index contributed by atoms with van der Waals surface area (Å²) < 4.78 is 0. The van der Waals surface area contributed by atoms with Crippen molar-refractivity contribution in [2.24, 2.45) is 5.41 Å². The Kier molecular flexibility index (Phi) is 4.13. The fourth-order valence-corrected chi connectivity index (χ4v) is 2.55. The van der Waals surface area contributed by atoms with Gasteiger partial charge in [-0.15, -0.1) is 0 Å². The lowest BCUT2D eigenvalue weighted by atomic mass is 9.78. The van der Waals surface area contributed by atoms with Crippen molar-refractivity contribution in [3.63, 3.8) is 0 Å². The molecule has 0 radical (unpaired) electrons. The van der Waals surface area contributed by atoms with Crippen molar-refractivity contribution in [3.8, 4) is 0 Å². The van der Waals surface area contributed by atoms with Gasteiger partial charge in [-0.25, -0.2) is 4.98 Å². The van der Waals surface area contributed by atoms with Gasteiger partial charge in [-0.3, -0.25) is 0 Å². The van der Waals surface area contributed by atoms with E-state index in [4.69, 9.17) is 11.6 Å². The first-order valence-electron chi connectivity index (χ1n) is 6.59. The highest BCUT2D eigenvalue weighted by molar-refractivity contribution is 6.31. The van der Waals surface area contributed by atoms with Gasteiger partial charge in [0.05, 0.1) is 17.3 Å². The molecule has 0 spiro atoms. The second-order valence-electron chi connectivity index (χ2n) is 5.41. The van der Waals surface area contributed by atoms with Gasteiger partial charge in [0.25, 0.3) is 0 Å². The first-order valence-corrected chi connectivity index (χ1v) is 6.97. The molecule has 2 rings (SSSR count). The molecule has 1 aliphatic rings. The van der Waals surface area contributed by atoms with Crippen LogP contribution in [0.1, 0.15) is 38.8 Å². The molecule has 1 aromatic heterocycles. The van der Waals surface area contributed by atoms with E-state index in [1.165, 1.54) is 19.3 Å². The van der Waals surface area contributed by atoms with Gasteiger partial charge in [-0.2, -0.15) is 0 Å². The van der Waals surface area contributed by atoms with E-state index in [-0.39, 0.29) is 6.61 Å². The smallest absolute Gasteiger partial charge is 0.129 e. The Hall–Kier alpha value is -0.800. The number of halogens is 1. The first-order chi connectivity index (χ1) is 8.58. The highest BCUT2D eigenvalue weighted by Gasteiger charge is 2.28. The van der Waals surface area contributed by atoms with Gasteiger partial charge in [0, 0.05) is 13.1 Å². The van der Waals surface area contributed by atoms with E-state index in [9.17, 15) is 5.11 Å². The van der Waals surface area contributed by atoms with E-state index in [0.29, 0.717) is 16.1 Å². The Balaban J connectivity index is 2.10. The van der Waals surface area contributed by atoms with Crippen LogP contribution in [0.3, 0.4) is 0 Å². The maximum atomic E-state index is 9.20. The van der Waals surface area contributed by atoms with Gasteiger partial charge in [-0.05, 0) is 30.4 Å². The molecule has 100 valence electrons. The number of pyridine rings is 1. The van der Waals surface area contributed by atoms with Crippen LogP contribution >= 0.6 is 11.6 Å². The summed E-state index contributed by atoms with van der Waals surface area (Å²) in [4.78, 5) is 6.72. The van der Waals surface area contributed by atoms with E-state index >= 15 is 0 Å². The molecule has 0 bridgehead atoms. The third-order valence-electron chi connectivity index (χ3n) is 4.20. The number of aliphatic hydroxyl groups is 1. The second-order valence-corrected chi connectivity index (χ2v) is 5.81. The predicted molar refractivity (Wildman–Crippen MR) is 75.0 cm³/mol. The second kappa shape index (κ2) is 5.45. The first kappa shape index (κ1) is 13.6. The van der Waals surface area contributed by atoms with Crippen molar-refractivity contribution < 1.29 is 5.11 Å². The Morgan fingerprint density at radius 2 is 2.06 bits per heavy atom. The molecular formula is C14H21ClN2O. The molecule has 18 heavy (non-hydrogen) atoms. The van der Waals surface area contributed by atoms with Gasteiger partial charge in [-0.1, -0.05) is 31.9 Å². The van der Waals surface area contributed by atoms with Gasteiger partial charge in [0.15, 0.2) is 0 Å². The lowest BCUT2D eigenvalue weighted by Gasteiger charge is -2.39. The number of hydrogen-bond acceptors (Lipinski definition) is 3. The number of aliphatic hydroxyl groups excluding tert-OH is 1. The van der Waals surface area contributed by atoms with E-state index in [2.05, 4.69) is 23.7 Å². The van der Waals surface area contributed by atoms with Gasteiger partial charge < -0.3 is 10.0 Å². The van der Waals surface area contributed by atoms with Crippen molar-refractivity contribution in [2.45, 2.75) is 39.7 Å². The Morgan fingerprint density at radius 3 is 2.61 bits per heavy atom. The Labute approximate surface area is 114 Å². The van der Waals surface area contributed by atoms with Gasteiger partial charge in [0.1, 0.15) is 5.82 Å². The van der Waals surface area contributed by atoms with E-state index in [0.717, 1.165) is 18.9 Å². The van der Waals surface area contributed by atoms with E-state index < -0.39 is 0 Å². The zero-order valence-corrected chi connectivity index (χ0v) is 11.9. The van der Waals surface area contributed by atoms with Crippen LogP contribution < -0.4 is 4.90 Å². The lowest BCUT2D eigenvalue weighted by Crippen LogP contribution is -2.38. The number of nitrogens with zero attached hydrogens (tertiary/aromatic N) is 2. The lowest BCUT2D eigenvalue weighted by molar-refractivity contribution is 0.237. The SMILES string of the molecule is CCC1(C)CCN(c2ccc(Cl)c(CO)n2)CC1. The molecule has 0 saturated carbocycles. The molecule has 1 fully saturated rings. The highest BCUT2D eigenvalue weighted by atomic mass is 35.5. The zero-order chi connectivity index (χ0) is 13.2. The maximum absolute atomic E-state index is 9.20. The van der Waals surface area contributed by atoms with Crippen molar-refractivity contribution in [2.75, 3.05) is 18.0 Å². The standard InChI is InChI=1S/C14H21ClN2O/c1-3-14(2)6-8-17(9-7-14)13-5-4-11(15)12(10-18)16-13/h4-5,18H,3,6-10H2,1-2H3. The van der Waals surface area contributed by atoms with Crippen LogP contribution in [0.4, 0.5) is 5.82 Å². The number of anilines is 1. The summed E-state index contributed by atoms with van der Waals surface area (Å²) in [5.74, 6) is 0.932. The Bertz CT molecular complexity index is 414. The molecule has 0 aliphatic carbocycles.